The van der Waals surface area contributed by atoms with Crippen molar-refractivity contribution in [2.45, 2.75) is 32.7 Å². The second-order valence-corrected chi connectivity index (χ2v) is 5.32. The van der Waals surface area contributed by atoms with Crippen LogP contribution in [0.3, 0.4) is 0 Å². The van der Waals surface area contributed by atoms with E-state index in [0.29, 0.717) is 11.8 Å². The van der Waals surface area contributed by atoms with Crippen LogP contribution in [-0.4, -0.2) is 27.0 Å². The van der Waals surface area contributed by atoms with Gasteiger partial charge >= 0.3 is 11.7 Å². The van der Waals surface area contributed by atoms with E-state index in [9.17, 15) is 14.9 Å². The van der Waals surface area contributed by atoms with E-state index in [-0.39, 0.29) is 23.1 Å². The standard InChI is InChI=1S/C13H17N3O4/c1-7-3-4-10(8(7)2)15-12-11(16(19)20)5-9(6-14-12)13(17)18/h5-8,10H,3-4H2,1-2H3,(H,14,15)(H,17,18). The number of aromatic carboxylic acids is 1. The maximum absolute atomic E-state index is 11.0. The van der Waals surface area contributed by atoms with E-state index in [1.165, 1.54) is 0 Å². The average molecular weight is 279 g/mol. The molecule has 20 heavy (non-hydrogen) atoms. The molecule has 1 aliphatic rings. The van der Waals surface area contributed by atoms with E-state index >= 15 is 0 Å². The first-order chi connectivity index (χ1) is 9.40. The van der Waals surface area contributed by atoms with Crippen LogP contribution in [0.15, 0.2) is 12.3 Å². The Morgan fingerprint density at radius 2 is 2.20 bits per heavy atom. The molecule has 3 atom stereocenters. The van der Waals surface area contributed by atoms with Crippen molar-refractivity contribution in [1.29, 1.82) is 0 Å². The Bertz CT molecular complexity index is 546. The molecule has 1 saturated carbocycles. The molecule has 2 N–H and O–H groups in total. The minimum absolute atomic E-state index is 0.131. The molecular weight excluding hydrogens is 262 g/mol. The molecule has 0 bridgehead atoms. The number of nitrogens with zero attached hydrogens (tertiary/aromatic N) is 2. The molecule has 0 radical (unpaired) electrons. The summed E-state index contributed by atoms with van der Waals surface area (Å²) in [6.07, 6.45) is 3.14. The van der Waals surface area contributed by atoms with Crippen molar-refractivity contribution in [2.75, 3.05) is 5.32 Å². The van der Waals surface area contributed by atoms with Crippen LogP contribution >= 0.6 is 0 Å². The third-order valence-corrected chi connectivity index (χ3v) is 4.10. The minimum Gasteiger partial charge on any atom is -0.478 e. The lowest BCUT2D eigenvalue weighted by atomic mass is 9.98. The fraction of sp³-hybridized carbons (Fsp3) is 0.538. The highest BCUT2D eigenvalue weighted by Crippen LogP contribution is 2.34. The molecule has 0 spiro atoms. The van der Waals surface area contributed by atoms with Gasteiger partial charge in [0.15, 0.2) is 0 Å². The van der Waals surface area contributed by atoms with Gasteiger partial charge in [-0.3, -0.25) is 10.1 Å². The van der Waals surface area contributed by atoms with Gasteiger partial charge in [0.05, 0.1) is 10.5 Å². The topological polar surface area (TPSA) is 105 Å². The molecule has 1 aromatic heterocycles. The van der Waals surface area contributed by atoms with Crippen molar-refractivity contribution < 1.29 is 14.8 Å². The first-order valence-electron chi connectivity index (χ1n) is 6.54. The first-order valence-corrected chi connectivity index (χ1v) is 6.54. The molecule has 0 amide bonds. The summed E-state index contributed by atoms with van der Waals surface area (Å²) < 4.78 is 0. The summed E-state index contributed by atoms with van der Waals surface area (Å²) in [4.78, 5) is 25.2. The van der Waals surface area contributed by atoms with Crippen LogP contribution in [-0.2, 0) is 0 Å². The molecule has 0 saturated heterocycles. The molecule has 7 heteroatoms. The summed E-state index contributed by atoms with van der Waals surface area (Å²) in [5, 5.41) is 23.0. The largest absolute Gasteiger partial charge is 0.478 e. The zero-order valence-electron chi connectivity index (χ0n) is 11.4. The Morgan fingerprint density at radius 1 is 1.50 bits per heavy atom. The zero-order valence-corrected chi connectivity index (χ0v) is 11.4. The smallest absolute Gasteiger partial charge is 0.337 e. The molecule has 0 aliphatic heterocycles. The van der Waals surface area contributed by atoms with Crippen molar-refractivity contribution in [3.8, 4) is 0 Å². The van der Waals surface area contributed by atoms with Gasteiger partial charge in [-0.1, -0.05) is 13.8 Å². The fourth-order valence-electron chi connectivity index (χ4n) is 2.56. The van der Waals surface area contributed by atoms with Gasteiger partial charge in [-0.05, 0) is 24.7 Å². The first kappa shape index (κ1) is 14.2. The summed E-state index contributed by atoms with van der Waals surface area (Å²) in [6, 6.07) is 1.17. The highest BCUT2D eigenvalue weighted by atomic mass is 16.6. The summed E-state index contributed by atoms with van der Waals surface area (Å²) in [5.74, 6) is -0.124. The summed E-state index contributed by atoms with van der Waals surface area (Å²) in [5.41, 5.74) is -0.480. The molecule has 7 nitrogen and oxygen atoms in total. The van der Waals surface area contributed by atoms with Crippen molar-refractivity contribution in [2.24, 2.45) is 11.8 Å². The van der Waals surface area contributed by atoms with Gasteiger partial charge in [-0.15, -0.1) is 0 Å². The fourth-order valence-corrected chi connectivity index (χ4v) is 2.56. The van der Waals surface area contributed by atoms with E-state index in [1.54, 1.807) is 0 Å². The van der Waals surface area contributed by atoms with Crippen LogP contribution < -0.4 is 5.32 Å². The lowest BCUT2D eigenvalue weighted by Crippen LogP contribution is -2.25. The molecular formula is C13H17N3O4. The van der Waals surface area contributed by atoms with Crippen LogP contribution in [0.5, 0.6) is 0 Å². The second kappa shape index (κ2) is 5.44. The molecule has 2 rings (SSSR count). The summed E-state index contributed by atoms with van der Waals surface area (Å²) >= 11 is 0. The van der Waals surface area contributed by atoms with Crippen LogP contribution in [0.4, 0.5) is 11.5 Å². The Morgan fingerprint density at radius 3 is 2.70 bits per heavy atom. The quantitative estimate of drug-likeness (QED) is 0.648. The SMILES string of the molecule is CC1CCC(Nc2ncc(C(=O)O)cc2[N+](=O)[O-])C1C. The van der Waals surface area contributed by atoms with Gasteiger partial charge < -0.3 is 10.4 Å². The van der Waals surface area contributed by atoms with E-state index in [1.807, 2.05) is 0 Å². The normalized spacial score (nSPS) is 25.4. The maximum Gasteiger partial charge on any atom is 0.337 e. The van der Waals surface area contributed by atoms with Crippen molar-refractivity contribution in [1.82, 2.24) is 4.98 Å². The Balaban J connectivity index is 2.27. The third-order valence-electron chi connectivity index (χ3n) is 4.10. The summed E-state index contributed by atoms with van der Waals surface area (Å²) in [6.45, 7) is 4.26. The molecule has 1 aliphatic carbocycles. The predicted molar refractivity (Wildman–Crippen MR) is 72.8 cm³/mol. The second-order valence-electron chi connectivity index (χ2n) is 5.32. The maximum atomic E-state index is 11.0. The van der Waals surface area contributed by atoms with Gasteiger partial charge in [-0.2, -0.15) is 0 Å². The monoisotopic (exact) mass is 279 g/mol. The van der Waals surface area contributed by atoms with Gasteiger partial charge in [0.1, 0.15) is 0 Å². The molecule has 3 unspecified atom stereocenters. The van der Waals surface area contributed by atoms with Gasteiger partial charge in [0.2, 0.25) is 5.82 Å². The third kappa shape index (κ3) is 2.71. The number of carbonyl (C=O) groups is 1. The molecule has 1 heterocycles. The number of hydrogen-bond acceptors (Lipinski definition) is 5. The number of aromatic nitrogens is 1. The highest BCUT2D eigenvalue weighted by Gasteiger charge is 2.31. The van der Waals surface area contributed by atoms with Crippen LogP contribution in [0, 0.1) is 22.0 Å². The average Bonchev–Trinajstić information content (AvgIpc) is 2.70. The Hall–Kier alpha value is -2.18. The van der Waals surface area contributed by atoms with Crippen LogP contribution in [0.2, 0.25) is 0 Å². The number of nitrogens with one attached hydrogen (secondary N) is 1. The number of carboxylic acid groups (broad SMARTS) is 1. The van der Waals surface area contributed by atoms with Crippen molar-refractivity contribution in [3.63, 3.8) is 0 Å². The van der Waals surface area contributed by atoms with Crippen LogP contribution in [0.1, 0.15) is 37.0 Å². The molecule has 108 valence electrons. The lowest BCUT2D eigenvalue weighted by Gasteiger charge is -2.20. The van der Waals surface area contributed by atoms with Gasteiger partial charge in [0.25, 0.3) is 0 Å². The molecule has 1 aromatic rings. The number of nitro groups is 1. The van der Waals surface area contributed by atoms with Gasteiger partial charge in [-0.25, -0.2) is 9.78 Å². The van der Waals surface area contributed by atoms with Crippen LogP contribution in [0.25, 0.3) is 0 Å². The zero-order chi connectivity index (χ0) is 14.9. The Labute approximate surface area is 116 Å². The summed E-state index contributed by atoms with van der Waals surface area (Å²) in [7, 11) is 0. The number of carboxylic acids is 1. The lowest BCUT2D eigenvalue weighted by molar-refractivity contribution is -0.384. The molecule has 1 fully saturated rings. The Kier molecular flexibility index (Phi) is 3.87. The van der Waals surface area contributed by atoms with E-state index in [4.69, 9.17) is 5.11 Å². The molecule has 0 aromatic carbocycles. The number of pyridine rings is 1. The predicted octanol–water partition coefficient (Wildman–Crippen LogP) is 2.53. The van der Waals surface area contributed by atoms with Crippen molar-refractivity contribution >= 4 is 17.5 Å². The van der Waals surface area contributed by atoms with E-state index in [0.717, 1.165) is 25.1 Å². The highest BCUT2D eigenvalue weighted by molar-refractivity contribution is 5.88. The van der Waals surface area contributed by atoms with Gasteiger partial charge in [0, 0.05) is 18.3 Å². The van der Waals surface area contributed by atoms with E-state index < -0.39 is 10.9 Å². The number of anilines is 1. The number of hydrogen-bond donors (Lipinski definition) is 2. The minimum atomic E-state index is -1.23. The van der Waals surface area contributed by atoms with E-state index in [2.05, 4.69) is 24.1 Å². The van der Waals surface area contributed by atoms with Crippen molar-refractivity contribution in [3.05, 3.63) is 27.9 Å². The number of rotatable bonds is 4.